The highest BCUT2D eigenvalue weighted by molar-refractivity contribution is 5.97. The molecule has 0 saturated carbocycles. The Bertz CT molecular complexity index is 458. The molecule has 0 saturated heterocycles. The van der Waals surface area contributed by atoms with E-state index in [9.17, 15) is 4.79 Å². The van der Waals surface area contributed by atoms with Crippen LogP contribution in [0.25, 0.3) is 0 Å². The van der Waals surface area contributed by atoms with Gasteiger partial charge in [-0.3, -0.25) is 4.79 Å². The van der Waals surface area contributed by atoms with Crippen LogP contribution in [0.3, 0.4) is 0 Å². The molecule has 20 heavy (non-hydrogen) atoms. The second-order valence-electron chi connectivity index (χ2n) is 5.63. The Morgan fingerprint density at radius 2 is 2.15 bits per heavy atom. The van der Waals surface area contributed by atoms with Crippen molar-refractivity contribution in [3.8, 4) is 5.75 Å². The number of amides is 1. The Hall–Kier alpha value is -1.75. The van der Waals surface area contributed by atoms with Gasteiger partial charge in [-0.15, -0.1) is 0 Å². The van der Waals surface area contributed by atoms with Crippen LogP contribution in [0.1, 0.15) is 37.0 Å². The maximum Gasteiger partial charge on any atom is 0.255 e. The molecule has 0 spiro atoms. The summed E-state index contributed by atoms with van der Waals surface area (Å²) in [5.41, 5.74) is 6.60. The van der Waals surface area contributed by atoms with Crippen molar-refractivity contribution in [3.63, 3.8) is 0 Å². The van der Waals surface area contributed by atoms with E-state index in [-0.39, 0.29) is 17.9 Å². The van der Waals surface area contributed by atoms with Gasteiger partial charge in [0.05, 0.1) is 12.7 Å². The summed E-state index contributed by atoms with van der Waals surface area (Å²) in [5, 5.41) is 11.8. The Morgan fingerprint density at radius 3 is 2.75 bits per heavy atom. The third-order valence-electron chi connectivity index (χ3n) is 3.21. The molecule has 0 atom stereocenters. The molecule has 1 amide bonds. The third kappa shape index (κ3) is 4.74. The van der Waals surface area contributed by atoms with E-state index in [0.29, 0.717) is 23.5 Å². The van der Waals surface area contributed by atoms with E-state index in [2.05, 4.69) is 19.2 Å². The zero-order chi connectivity index (χ0) is 15.2. The van der Waals surface area contributed by atoms with E-state index in [4.69, 9.17) is 15.6 Å². The molecule has 1 rings (SSSR count). The lowest BCUT2D eigenvalue weighted by Gasteiger charge is -2.24. The van der Waals surface area contributed by atoms with Gasteiger partial charge in [0.2, 0.25) is 0 Å². The van der Waals surface area contributed by atoms with Crippen LogP contribution in [0.15, 0.2) is 18.2 Å². The van der Waals surface area contributed by atoms with Crippen molar-refractivity contribution in [2.24, 2.45) is 5.41 Å². The first-order chi connectivity index (χ1) is 9.39. The molecule has 0 radical (unpaired) electrons. The van der Waals surface area contributed by atoms with Gasteiger partial charge in [0.1, 0.15) is 5.75 Å². The van der Waals surface area contributed by atoms with Gasteiger partial charge in [-0.2, -0.15) is 0 Å². The molecule has 0 aliphatic heterocycles. The number of carbonyl (C=O) groups excluding carboxylic acids is 1. The summed E-state index contributed by atoms with van der Waals surface area (Å²) in [4.78, 5) is 12.2. The van der Waals surface area contributed by atoms with Crippen LogP contribution in [0, 0.1) is 5.41 Å². The number of aliphatic hydroxyl groups is 1. The van der Waals surface area contributed by atoms with Crippen molar-refractivity contribution in [1.82, 2.24) is 5.32 Å². The lowest BCUT2D eigenvalue weighted by molar-refractivity contribution is 0.0930. The zero-order valence-electron chi connectivity index (χ0n) is 12.4. The topological polar surface area (TPSA) is 84.6 Å². The fourth-order valence-corrected chi connectivity index (χ4v) is 1.96. The van der Waals surface area contributed by atoms with E-state index in [1.807, 2.05) is 0 Å². The summed E-state index contributed by atoms with van der Waals surface area (Å²) in [6.07, 6.45) is 1.57. The molecule has 1 aromatic rings. The smallest absolute Gasteiger partial charge is 0.255 e. The predicted molar refractivity (Wildman–Crippen MR) is 79.8 cm³/mol. The number of rotatable bonds is 7. The van der Waals surface area contributed by atoms with Gasteiger partial charge < -0.3 is 20.9 Å². The maximum atomic E-state index is 12.2. The van der Waals surface area contributed by atoms with Gasteiger partial charge >= 0.3 is 0 Å². The molecular formula is C15H24N2O3. The number of carbonyl (C=O) groups is 1. The highest BCUT2D eigenvalue weighted by Crippen LogP contribution is 2.23. The first-order valence-corrected chi connectivity index (χ1v) is 6.72. The van der Waals surface area contributed by atoms with Crippen molar-refractivity contribution in [1.29, 1.82) is 0 Å². The molecule has 0 aliphatic rings. The van der Waals surface area contributed by atoms with Crippen LogP contribution in [-0.2, 0) is 0 Å². The molecule has 112 valence electrons. The minimum absolute atomic E-state index is 0.0635. The third-order valence-corrected chi connectivity index (χ3v) is 3.21. The van der Waals surface area contributed by atoms with Gasteiger partial charge in [-0.25, -0.2) is 0 Å². The van der Waals surface area contributed by atoms with Crippen LogP contribution < -0.4 is 15.8 Å². The number of ether oxygens (including phenoxy) is 1. The Morgan fingerprint density at radius 1 is 1.45 bits per heavy atom. The predicted octanol–water partition coefficient (Wildman–Crippen LogP) is 1.81. The van der Waals surface area contributed by atoms with Gasteiger partial charge in [0, 0.05) is 18.8 Å². The number of hydrogen-bond acceptors (Lipinski definition) is 4. The van der Waals surface area contributed by atoms with Gasteiger partial charge in [-0.1, -0.05) is 13.8 Å². The Labute approximate surface area is 120 Å². The number of aliphatic hydroxyl groups excluding tert-OH is 1. The van der Waals surface area contributed by atoms with Crippen molar-refractivity contribution < 1.29 is 14.6 Å². The fourth-order valence-electron chi connectivity index (χ4n) is 1.96. The number of nitrogens with two attached hydrogens (primary N) is 1. The SMILES string of the molecule is COc1ccc(N)cc1C(=O)NCC(C)(C)CCCO. The fraction of sp³-hybridized carbons (Fsp3) is 0.533. The molecular weight excluding hydrogens is 256 g/mol. The summed E-state index contributed by atoms with van der Waals surface area (Å²) in [5.74, 6) is 0.302. The number of benzene rings is 1. The molecule has 5 nitrogen and oxygen atoms in total. The van der Waals surface area contributed by atoms with Crippen molar-refractivity contribution in [2.75, 3.05) is 26.0 Å². The van der Waals surface area contributed by atoms with Crippen molar-refractivity contribution in [2.45, 2.75) is 26.7 Å². The Balaban J connectivity index is 2.69. The lowest BCUT2D eigenvalue weighted by Crippen LogP contribution is -2.34. The number of methoxy groups -OCH3 is 1. The molecule has 0 bridgehead atoms. The Kier molecular flexibility index (Phi) is 5.82. The maximum absolute atomic E-state index is 12.2. The quantitative estimate of drug-likeness (QED) is 0.665. The first-order valence-electron chi connectivity index (χ1n) is 6.72. The summed E-state index contributed by atoms with van der Waals surface area (Å²) in [6, 6.07) is 4.98. The van der Waals surface area contributed by atoms with Crippen molar-refractivity contribution >= 4 is 11.6 Å². The molecule has 0 unspecified atom stereocenters. The van der Waals surface area contributed by atoms with E-state index < -0.39 is 0 Å². The van der Waals surface area contributed by atoms with E-state index >= 15 is 0 Å². The van der Waals surface area contributed by atoms with Crippen LogP contribution in [0.4, 0.5) is 5.69 Å². The van der Waals surface area contributed by atoms with Crippen LogP contribution >= 0.6 is 0 Å². The molecule has 5 heteroatoms. The summed E-state index contributed by atoms with van der Waals surface area (Å²) >= 11 is 0. The number of hydrogen-bond donors (Lipinski definition) is 3. The minimum atomic E-state index is -0.203. The second kappa shape index (κ2) is 7.14. The van der Waals surface area contributed by atoms with E-state index in [0.717, 1.165) is 12.8 Å². The lowest BCUT2D eigenvalue weighted by atomic mass is 9.88. The summed E-state index contributed by atoms with van der Waals surface area (Å²) in [7, 11) is 1.52. The standard InChI is InChI=1S/C15H24N2O3/c1-15(2,7-4-8-18)10-17-14(19)12-9-11(16)5-6-13(12)20-3/h5-6,9,18H,4,7-8,10,16H2,1-3H3,(H,17,19). The van der Waals surface area contributed by atoms with Crippen LogP contribution in [-0.4, -0.2) is 31.3 Å². The molecule has 0 heterocycles. The molecule has 4 N–H and O–H groups in total. The van der Waals surface area contributed by atoms with Gasteiger partial charge in [-0.05, 0) is 36.5 Å². The first kappa shape index (κ1) is 16.3. The molecule has 0 aliphatic carbocycles. The van der Waals surface area contributed by atoms with E-state index in [1.54, 1.807) is 18.2 Å². The van der Waals surface area contributed by atoms with E-state index in [1.165, 1.54) is 7.11 Å². The van der Waals surface area contributed by atoms with Gasteiger partial charge in [0.15, 0.2) is 0 Å². The minimum Gasteiger partial charge on any atom is -0.496 e. The highest BCUT2D eigenvalue weighted by atomic mass is 16.5. The molecule has 0 fully saturated rings. The normalized spacial score (nSPS) is 11.2. The zero-order valence-corrected chi connectivity index (χ0v) is 12.4. The van der Waals surface area contributed by atoms with Crippen molar-refractivity contribution in [3.05, 3.63) is 23.8 Å². The average Bonchev–Trinajstić information content (AvgIpc) is 2.42. The summed E-state index contributed by atoms with van der Waals surface area (Å²) < 4.78 is 5.17. The average molecular weight is 280 g/mol. The monoisotopic (exact) mass is 280 g/mol. The molecule has 1 aromatic carbocycles. The van der Waals surface area contributed by atoms with Crippen LogP contribution in [0.5, 0.6) is 5.75 Å². The molecule has 0 aromatic heterocycles. The summed E-state index contributed by atoms with van der Waals surface area (Å²) in [6.45, 7) is 4.81. The second-order valence-corrected chi connectivity index (χ2v) is 5.63. The largest absolute Gasteiger partial charge is 0.496 e. The highest BCUT2D eigenvalue weighted by Gasteiger charge is 2.20. The number of anilines is 1. The number of nitrogen functional groups attached to an aromatic ring is 1. The van der Waals surface area contributed by atoms with Crippen LogP contribution in [0.2, 0.25) is 0 Å². The van der Waals surface area contributed by atoms with Gasteiger partial charge in [0.25, 0.3) is 5.91 Å². The number of nitrogens with one attached hydrogen (secondary N) is 1.